The number of imide groups is 1. The molecule has 2 aliphatic rings. The lowest BCUT2D eigenvalue weighted by molar-refractivity contribution is -0.131. The third-order valence-electron chi connectivity index (χ3n) is 5.63. The van der Waals surface area contributed by atoms with Crippen LogP contribution in [0.4, 0.5) is 4.79 Å². The van der Waals surface area contributed by atoms with Gasteiger partial charge in [-0.15, -0.1) is 0 Å². The first-order valence-electron chi connectivity index (χ1n) is 8.96. The van der Waals surface area contributed by atoms with Crippen molar-refractivity contribution in [3.05, 3.63) is 29.8 Å². The zero-order chi connectivity index (χ0) is 18.0. The fraction of sp³-hybridized carbons (Fsp3) is 0.579. The van der Waals surface area contributed by atoms with Gasteiger partial charge in [-0.05, 0) is 32.9 Å². The molecule has 1 aliphatic carbocycles. The van der Waals surface area contributed by atoms with Crippen LogP contribution in [0.25, 0.3) is 0 Å². The van der Waals surface area contributed by atoms with E-state index in [-0.39, 0.29) is 18.0 Å². The van der Waals surface area contributed by atoms with Crippen molar-refractivity contribution in [2.45, 2.75) is 44.2 Å². The Hall–Kier alpha value is -2.08. The smallest absolute Gasteiger partial charge is 0.325 e. The molecule has 1 atom stereocenters. The molecule has 0 radical (unpaired) electrons. The molecule has 1 aromatic carbocycles. The van der Waals surface area contributed by atoms with E-state index in [4.69, 9.17) is 4.74 Å². The normalized spacial score (nSPS) is 20.4. The number of benzene rings is 1. The predicted octanol–water partition coefficient (Wildman–Crippen LogP) is 2.55. The maximum absolute atomic E-state index is 12.7. The summed E-state index contributed by atoms with van der Waals surface area (Å²) in [5, 5.41) is 2.93. The van der Waals surface area contributed by atoms with E-state index in [2.05, 4.69) is 17.1 Å². The van der Waals surface area contributed by atoms with Crippen LogP contribution in [0.2, 0.25) is 0 Å². The molecule has 1 N–H and O–H groups in total. The van der Waals surface area contributed by atoms with E-state index in [9.17, 15) is 9.59 Å². The Morgan fingerprint density at radius 1 is 1.28 bits per heavy atom. The molecule has 1 saturated carbocycles. The van der Waals surface area contributed by atoms with Crippen molar-refractivity contribution in [1.29, 1.82) is 0 Å². The Balaban J connectivity index is 1.63. The fourth-order valence-corrected chi connectivity index (χ4v) is 3.90. The van der Waals surface area contributed by atoms with Crippen molar-refractivity contribution < 1.29 is 14.3 Å². The summed E-state index contributed by atoms with van der Waals surface area (Å²) in [6, 6.07) is 7.80. The summed E-state index contributed by atoms with van der Waals surface area (Å²) in [5.41, 5.74) is 0.473. The van der Waals surface area contributed by atoms with Gasteiger partial charge in [0.15, 0.2) is 0 Å². The Bertz CT molecular complexity index is 655. The van der Waals surface area contributed by atoms with E-state index in [1.807, 2.05) is 31.3 Å². The molecular weight excluding hydrogens is 318 g/mol. The third kappa shape index (κ3) is 3.23. The quantitative estimate of drug-likeness (QED) is 0.805. The van der Waals surface area contributed by atoms with Crippen LogP contribution in [-0.4, -0.2) is 54.5 Å². The molecule has 0 aromatic heterocycles. The molecule has 6 heteroatoms. The van der Waals surface area contributed by atoms with Crippen molar-refractivity contribution in [2.75, 3.05) is 27.2 Å². The number of amides is 3. The molecule has 2 fully saturated rings. The van der Waals surface area contributed by atoms with Gasteiger partial charge in [0, 0.05) is 24.7 Å². The number of ether oxygens (including phenoxy) is 1. The Kier molecular flexibility index (Phi) is 4.99. The number of hydrogen-bond acceptors (Lipinski definition) is 4. The van der Waals surface area contributed by atoms with Gasteiger partial charge in [-0.3, -0.25) is 14.6 Å². The summed E-state index contributed by atoms with van der Waals surface area (Å²) in [6.07, 6.45) is 3.54. The van der Waals surface area contributed by atoms with Crippen LogP contribution < -0.4 is 10.1 Å². The number of nitrogens with one attached hydrogen (secondary N) is 1. The highest BCUT2D eigenvalue weighted by atomic mass is 16.5. The predicted molar refractivity (Wildman–Crippen MR) is 95.5 cm³/mol. The van der Waals surface area contributed by atoms with Crippen molar-refractivity contribution in [3.8, 4) is 5.75 Å². The van der Waals surface area contributed by atoms with E-state index < -0.39 is 5.54 Å². The second kappa shape index (κ2) is 7.04. The van der Waals surface area contributed by atoms with Crippen molar-refractivity contribution >= 4 is 11.9 Å². The molecule has 25 heavy (non-hydrogen) atoms. The van der Waals surface area contributed by atoms with Gasteiger partial charge >= 0.3 is 6.03 Å². The molecular formula is C19H27N3O3. The number of rotatable bonds is 6. The van der Waals surface area contributed by atoms with Gasteiger partial charge in [-0.25, -0.2) is 4.79 Å². The minimum atomic E-state index is -0.621. The molecule has 1 aromatic rings. The summed E-state index contributed by atoms with van der Waals surface area (Å²) in [5.74, 6) is 0.801. The number of carbonyl (C=O) groups is 2. The minimum absolute atomic E-state index is 0.0478. The Morgan fingerprint density at radius 2 is 1.96 bits per heavy atom. The van der Waals surface area contributed by atoms with Gasteiger partial charge in [0.25, 0.3) is 5.91 Å². The first-order valence-corrected chi connectivity index (χ1v) is 8.96. The topological polar surface area (TPSA) is 61.9 Å². The van der Waals surface area contributed by atoms with E-state index >= 15 is 0 Å². The molecule has 6 nitrogen and oxygen atoms in total. The molecule has 136 valence electrons. The lowest BCUT2D eigenvalue weighted by atomic mass is 9.98. The Morgan fingerprint density at radius 3 is 2.64 bits per heavy atom. The van der Waals surface area contributed by atoms with Crippen molar-refractivity contribution in [2.24, 2.45) is 0 Å². The number of likely N-dealkylation sites (N-methyl/N-ethyl adjacent to an activating group) is 1. The van der Waals surface area contributed by atoms with Crippen LogP contribution in [0.5, 0.6) is 5.75 Å². The lowest BCUT2D eigenvalue weighted by Gasteiger charge is -2.28. The van der Waals surface area contributed by atoms with E-state index in [1.54, 1.807) is 7.11 Å². The number of carbonyl (C=O) groups excluding carboxylic acids is 2. The average Bonchev–Trinajstić information content (AvgIpc) is 3.18. The highest BCUT2D eigenvalue weighted by Gasteiger charge is 2.52. The zero-order valence-electron chi connectivity index (χ0n) is 15.2. The van der Waals surface area contributed by atoms with E-state index in [1.165, 1.54) is 4.90 Å². The van der Waals surface area contributed by atoms with Crippen LogP contribution in [0.15, 0.2) is 24.3 Å². The first-order chi connectivity index (χ1) is 12.0. The number of para-hydroxylation sites is 1. The van der Waals surface area contributed by atoms with Crippen molar-refractivity contribution in [3.63, 3.8) is 0 Å². The van der Waals surface area contributed by atoms with Crippen LogP contribution in [-0.2, 0) is 4.79 Å². The van der Waals surface area contributed by atoms with Crippen LogP contribution in [0, 0.1) is 0 Å². The standard InChI is InChI=1S/C19H27N3O3/c1-14(15-8-4-5-9-16(15)25-3)21(2)12-13-22-17(23)19(20-18(22)24)10-6-7-11-19/h4-5,8-9,14H,6-7,10-13H2,1-3H3,(H,20,24). The number of urea groups is 1. The highest BCUT2D eigenvalue weighted by Crippen LogP contribution is 2.35. The average molecular weight is 345 g/mol. The molecule has 3 amide bonds. The molecule has 1 aliphatic heterocycles. The minimum Gasteiger partial charge on any atom is -0.496 e. The number of methoxy groups -OCH3 is 1. The highest BCUT2D eigenvalue weighted by molar-refractivity contribution is 6.07. The second-order valence-electron chi connectivity index (χ2n) is 7.07. The maximum atomic E-state index is 12.7. The van der Waals surface area contributed by atoms with Crippen LogP contribution in [0.3, 0.4) is 0 Å². The summed E-state index contributed by atoms with van der Waals surface area (Å²) in [6.45, 7) is 3.12. The maximum Gasteiger partial charge on any atom is 0.325 e. The van der Waals surface area contributed by atoms with Crippen LogP contribution >= 0.6 is 0 Å². The molecule has 1 unspecified atom stereocenters. The van der Waals surface area contributed by atoms with E-state index in [0.717, 1.165) is 37.0 Å². The van der Waals surface area contributed by atoms with Gasteiger partial charge in [0.05, 0.1) is 7.11 Å². The second-order valence-corrected chi connectivity index (χ2v) is 7.07. The SMILES string of the molecule is COc1ccccc1C(C)N(C)CCN1C(=O)NC2(CCCC2)C1=O. The van der Waals surface area contributed by atoms with Crippen molar-refractivity contribution in [1.82, 2.24) is 15.1 Å². The Labute approximate surface area is 149 Å². The summed E-state index contributed by atoms with van der Waals surface area (Å²) in [7, 11) is 3.67. The number of hydrogen-bond donors (Lipinski definition) is 1. The summed E-state index contributed by atoms with van der Waals surface area (Å²) >= 11 is 0. The summed E-state index contributed by atoms with van der Waals surface area (Å²) in [4.78, 5) is 28.5. The van der Waals surface area contributed by atoms with Gasteiger partial charge < -0.3 is 10.1 Å². The summed E-state index contributed by atoms with van der Waals surface area (Å²) < 4.78 is 5.44. The molecule has 0 bridgehead atoms. The van der Waals surface area contributed by atoms with Crippen LogP contribution in [0.1, 0.15) is 44.2 Å². The molecule has 1 heterocycles. The molecule has 1 spiro atoms. The number of nitrogens with zero attached hydrogens (tertiary/aromatic N) is 2. The molecule has 3 rings (SSSR count). The fourth-order valence-electron chi connectivity index (χ4n) is 3.90. The molecule has 1 saturated heterocycles. The third-order valence-corrected chi connectivity index (χ3v) is 5.63. The van der Waals surface area contributed by atoms with Gasteiger partial charge in [-0.2, -0.15) is 0 Å². The van der Waals surface area contributed by atoms with Gasteiger partial charge in [0.1, 0.15) is 11.3 Å². The largest absolute Gasteiger partial charge is 0.496 e. The van der Waals surface area contributed by atoms with Gasteiger partial charge in [-0.1, -0.05) is 31.0 Å². The van der Waals surface area contributed by atoms with E-state index in [0.29, 0.717) is 13.1 Å². The lowest BCUT2D eigenvalue weighted by Crippen LogP contribution is -2.44. The first kappa shape index (κ1) is 17.7. The van der Waals surface area contributed by atoms with Gasteiger partial charge in [0.2, 0.25) is 0 Å². The zero-order valence-corrected chi connectivity index (χ0v) is 15.2. The monoisotopic (exact) mass is 345 g/mol.